The molecule has 1 aromatic carbocycles. The van der Waals surface area contributed by atoms with Crippen LogP contribution in [0.3, 0.4) is 0 Å². The summed E-state index contributed by atoms with van der Waals surface area (Å²) in [4.78, 5) is 5.46. The molecule has 0 spiro atoms. The number of halogens is 1. The van der Waals surface area contributed by atoms with E-state index in [0.29, 0.717) is 12.5 Å². The number of rotatable bonds is 7. The summed E-state index contributed by atoms with van der Waals surface area (Å²) in [7, 11) is 0. The topological polar surface area (TPSA) is 50.4 Å². The van der Waals surface area contributed by atoms with Gasteiger partial charge in [-0.1, -0.05) is 30.4 Å². The highest BCUT2D eigenvalue weighted by molar-refractivity contribution is 14.0. The third-order valence-electron chi connectivity index (χ3n) is 2.16. The molecule has 106 valence electrons. The Morgan fingerprint density at radius 3 is 2.68 bits per heavy atom. The van der Waals surface area contributed by atoms with Crippen LogP contribution in [-0.2, 0) is 0 Å². The molecule has 0 amide bonds. The van der Waals surface area contributed by atoms with Gasteiger partial charge in [-0.15, -0.1) is 35.7 Å². The van der Waals surface area contributed by atoms with Crippen molar-refractivity contribution in [3.05, 3.63) is 42.5 Å². The van der Waals surface area contributed by atoms with Crippen LogP contribution in [0.4, 0.5) is 0 Å². The fourth-order valence-electron chi connectivity index (χ4n) is 1.27. The molecular formula is C14H22IN3S. The molecule has 0 heterocycles. The standard InChI is InChI=1S/C14H21N3S.HI/c1-12(2)11-17-14(15)16-9-6-10-18-13-7-4-3-5-8-13;/h3-5,7-8H,1,6,9-11H2,2H3,(H3,15,16,17);1H. The summed E-state index contributed by atoms with van der Waals surface area (Å²) in [5.41, 5.74) is 6.72. The lowest BCUT2D eigenvalue weighted by Crippen LogP contribution is -2.32. The zero-order valence-electron chi connectivity index (χ0n) is 11.3. The summed E-state index contributed by atoms with van der Waals surface area (Å²) in [5, 5.41) is 3.10. The molecule has 1 rings (SSSR count). The summed E-state index contributed by atoms with van der Waals surface area (Å²) >= 11 is 1.86. The maximum atomic E-state index is 5.71. The van der Waals surface area contributed by atoms with Crippen LogP contribution < -0.4 is 11.1 Å². The number of hydrogen-bond acceptors (Lipinski definition) is 2. The Bertz CT molecular complexity index is 393. The quantitative estimate of drug-likeness (QED) is 0.187. The van der Waals surface area contributed by atoms with Gasteiger partial charge in [-0.3, -0.25) is 0 Å². The number of nitrogens with zero attached hydrogens (tertiary/aromatic N) is 1. The number of thioether (sulfide) groups is 1. The number of nitrogens with one attached hydrogen (secondary N) is 1. The lowest BCUT2D eigenvalue weighted by atomic mass is 10.4. The van der Waals surface area contributed by atoms with Gasteiger partial charge in [0.15, 0.2) is 5.96 Å². The van der Waals surface area contributed by atoms with Crippen molar-refractivity contribution in [3.63, 3.8) is 0 Å². The minimum absolute atomic E-state index is 0. The van der Waals surface area contributed by atoms with Gasteiger partial charge in [-0.25, -0.2) is 4.99 Å². The average Bonchev–Trinajstić information content (AvgIpc) is 2.37. The van der Waals surface area contributed by atoms with Gasteiger partial charge in [0.05, 0.1) is 6.54 Å². The van der Waals surface area contributed by atoms with E-state index in [1.165, 1.54) is 4.90 Å². The normalized spacial score (nSPS) is 10.7. The lowest BCUT2D eigenvalue weighted by molar-refractivity contribution is 0.836. The molecule has 0 aromatic heterocycles. The smallest absolute Gasteiger partial charge is 0.188 e. The van der Waals surface area contributed by atoms with Crippen molar-refractivity contribution in [2.45, 2.75) is 18.2 Å². The summed E-state index contributed by atoms with van der Waals surface area (Å²) in [6, 6.07) is 10.4. The highest BCUT2D eigenvalue weighted by Crippen LogP contribution is 2.17. The second kappa shape index (κ2) is 11.2. The Labute approximate surface area is 137 Å². The molecule has 0 saturated heterocycles. The van der Waals surface area contributed by atoms with E-state index in [0.717, 1.165) is 24.3 Å². The molecule has 19 heavy (non-hydrogen) atoms. The van der Waals surface area contributed by atoms with E-state index >= 15 is 0 Å². The molecule has 0 unspecified atom stereocenters. The van der Waals surface area contributed by atoms with Gasteiger partial charge in [0, 0.05) is 11.4 Å². The first-order valence-corrected chi connectivity index (χ1v) is 7.03. The first-order chi connectivity index (χ1) is 8.68. The van der Waals surface area contributed by atoms with Crippen LogP contribution in [0.5, 0.6) is 0 Å². The van der Waals surface area contributed by atoms with Gasteiger partial charge in [-0.05, 0) is 31.2 Å². The Hall–Kier alpha value is -0.690. The van der Waals surface area contributed by atoms with Crippen molar-refractivity contribution >= 4 is 41.7 Å². The van der Waals surface area contributed by atoms with Crippen LogP contribution in [0.2, 0.25) is 0 Å². The van der Waals surface area contributed by atoms with Crippen LogP contribution in [0.15, 0.2) is 52.4 Å². The minimum atomic E-state index is 0. The van der Waals surface area contributed by atoms with Crippen molar-refractivity contribution in [1.82, 2.24) is 5.32 Å². The molecule has 0 saturated carbocycles. The number of benzene rings is 1. The molecule has 0 radical (unpaired) electrons. The van der Waals surface area contributed by atoms with Gasteiger partial charge >= 0.3 is 0 Å². The van der Waals surface area contributed by atoms with E-state index in [1.807, 2.05) is 24.8 Å². The van der Waals surface area contributed by atoms with E-state index in [2.05, 4.69) is 41.2 Å². The molecule has 1 aromatic rings. The van der Waals surface area contributed by atoms with Gasteiger partial charge < -0.3 is 11.1 Å². The Morgan fingerprint density at radius 1 is 1.37 bits per heavy atom. The second-order valence-corrected chi connectivity index (χ2v) is 5.27. The zero-order valence-corrected chi connectivity index (χ0v) is 14.4. The molecule has 0 fully saturated rings. The fraction of sp³-hybridized carbons (Fsp3) is 0.357. The van der Waals surface area contributed by atoms with E-state index in [-0.39, 0.29) is 24.0 Å². The first-order valence-electron chi connectivity index (χ1n) is 6.04. The van der Waals surface area contributed by atoms with Crippen molar-refractivity contribution in [1.29, 1.82) is 0 Å². The monoisotopic (exact) mass is 391 g/mol. The van der Waals surface area contributed by atoms with E-state index < -0.39 is 0 Å². The summed E-state index contributed by atoms with van der Waals surface area (Å²) in [6.45, 7) is 7.16. The summed E-state index contributed by atoms with van der Waals surface area (Å²) < 4.78 is 0. The van der Waals surface area contributed by atoms with Crippen molar-refractivity contribution in [2.24, 2.45) is 10.7 Å². The molecule has 0 atom stereocenters. The molecule has 5 heteroatoms. The van der Waals surface area contributed by atoms with E-state index in [1.54, 1.807) is 0 Å². The average molecular weight is 391 g/mol. The molecule has 3 nitrogen and oxygen atoms in total. The number of guanidine groups is 1. The number of hydrogen-bond donors (Lipinski definition) is 2. The van der Waals surface area contributed by atoms with Crippen LogP contribution in [0.25, 0.3) is 0 Å². The van der Waals surface area contributed by atoms with Crippen LogP contribution in [0, 0.1) is 0 Å². The second-order valence-electron chi connectivity index (χ2n) is 4.10. The van der Waals surface area contributed by atoms with E-state index in [9.17, 15) is 0 Å². The predicted octanol–water partition coefficient (Wildman–Crippen LogP) is 3.27. The molecular weight excluding hydrogens is 369 g/mol. The highest BCUT2D eigenvalue weighted by Gasteiger charge is 1.94. The molecule has 0 aliphatic heterocycles. The van der Waals surface area contributed by atoms with Crippen LogP contribution >= 0.6 is 35.7 Å². The number of aliphatic imine (C=N–C) groups is 1. The maximum absolute atomic E-state index is 5.71. The third kappa shape index (κ3) is 9.84. The molecule has 3 N–H and O–H groups in total. The minimum Gasteiger partial charge on any atom is -0.370 e. The van der Waals surface area contributed by atoms with Gasteiger partial charge in [0.2, 0.25) is 0 Å². The van der Waals surface area contributed by atoms with Gasteiger partial charge in [-0.2, -0.15) is 0 Å². The molecule has 0 aliphatic carbocycles. The first kappa shape index (κ1) is 18.3. The Balaban J connectivity index is 0.00000324. The zero-order chi connectivity index (χ0) is 13.2. The maximum Gasteiger partial charge on any atom is 0.188 e. The van der Waals surface area contributed by atoms with Crippen molar-refractivity contribution in [2.75, 3.05) is 18.8 Å². The fourth-order valence-corrected chi connectivity index (χ4v) is 2.15. The van der Waals surface area contributed by atoms with Crippen molar-refractivity contribution in [3.8, 4) is 0 Å². The Kier molecular flexibility index (Phi) is 10.8. The Morgan fingerprint density at radius 2 is 2.05 bits per heavy atom. The highest BCUT2D eigenvalue weighted by atomic mass is 127. The largest absolute Gasteiger partial charge is 0.370 e. The van der Waals surface area contributed by atoms with Gasteiger partial charge in [0.1, 0.15) is 0 Å². The van der Waals surface area contributed by atoms with E-state index in [4.69, 9.17) is 5.73 Å². The SMILES string of the molecule is C=C(C)CN=C(N)NCCCSc1ccccc1.I. The summed E-state index contributed by atoms with van der Waals surface area (Å²) in [5.74, 6) is 1.58. The predicted molar refractivity (Wildman–Crippen MR) is 96.5 cm³/mol. The lowest BCUT2D eigenvalue weighted by Gasteiger charge is -2.05. The summed E-state index contributed by atoms with van der Waals surface area (Å²) in [6.07, 6.45) is 1.06. The molecule has 0 aliphatic rings. The van der Waals surface area contributed by atoms with Crippen LogP contribution in [0.1, 0.15) is 13.3 Å². The van der Waals surface area contributed by atoms with Crippen molar-refractivity contribution < 1.29 is 0 Å². The van der Waals surface area contributed by atoms with Crippen LogP contribution in [-0.4, -0.2) is 24.8 Å². The van der Waals surface area contributed by atoms with Gasteiger partial charge in [0.25, 0.3) is 0 Å². The third-order valence-corrected chi connectivity index (χ3v) is 3.26. The molecule has 0 bridgehead atoms. The number of nitrogens with two attached hydrogens (primary N) is 1.